The lowest BCUT2D eigenvalue weighted by molar-refractivity contribution is -0.159. The van der Waals surface area contributed by atoms with Crippen LogP contribution in [0.5, 0.6) is 0 Å². The molecule has 1 aromatic rings. The van der Waals surface area contributed by atoms with Gasteiger partial charge in [-0.2, -0.15) is 0 Å². The molecule has 0 spiro atoms. The van der Waals surface area contributed by atoms with Gasteiger partial charge in [0, 0.05) is 18.0 Å². The molecule has 6 nitrogen and oxygen atoms in total. The van der Waals surface area contributed by atoms with Crippen molar-refractivity contribution in [1.82, 2.24) is 4.98 Å². The predicted octanol–water partition coefficient (Wildman–Crippen LogP) is -0.469. The van der Waals surface area contributed by atoms with Gasteiger partial charge in [0.1, 0.15) is 6.10 Å². The molecule has 2 atom stereocenters. The molecule has 94 valence electrons. The number of ether oxygens (including phenoxy) is 1. The third-order valence-electron chi connectivity index (χ3n) is 2.17. The number of pyridine rings is 1. The first-order valence-corrected chi connectivity index (χ1v) is 5.17. The summed E-state index contributed by atoms with van der Waals surface area (Å²) in [6, 6.07) is 1.46. The Labute approximate surface area is 98.5 Å². The van der Waals surface area contributed by atoms with Gasteiger partial charge in [-0.3, -0.25) is 4.98 Å². The van der Waals surface area contributed by atoms with Crippen LogP contribution in [0.3, 0.4) is 0 Å². The summed E-state index contributed by atoms with van der Waals surface area (Å²) in [5, 5.41) is 28.2. The summed E-state index contributed by atoms with van der Waals surface area (Å²) >= 11 is 0. The fraction of sp³-hybridized carbons (Fsp3) is 0.455. The van der Waals surface area contributed by atoms with Gasteiger partial charge >= 0.3 is 5.97 Å². The number of rotatable bonds is 5. The van der Waals surface area contributed by atoms with E-state index in [0.717, 1.165) is 0 Å². The third-order valence-corrected chi connectivity index (χ3v) is 2.17. The summed E-state index contributed by atoms with van der Waals surface area (Å²) in [6.45, 7) is 1.49. The maximum atomic E-state index is 11.2. The van der Waals surface area contributed by atoms with Crippen molar-refractivity contribution in [1.29, 1.82) is 0 Å². The summed E-state index contributed by atoms with van der Waals surface area (Å²) in [5.41, 5.74) is 0.731. The van der Waals surface area contributed by atoms with E-state index < -0.39 is 18.2 Å². The molecule has 6 heteroatoms. The Kier molecular flexibility index (Phi) is 5.02. The molecule has 0 saturated heterocycles. The van der Waals surface area contributed by atoms with Crippen LogP contribution in [0, 0.1) is 0 Å². The first-order valence-electron chi connectivity index (χ1n) is 5.17. The molecule has 0 radical (unpaired) electrons. The molecule has 1 rings (SSSR count). The minimum Gasteiger partial charge on any atom is -0.464 e. The highest BCUT2D eigenvalue weighted by molar-refractivity contribution is 5.75. The second kappa shape index (κ2) is 6.29. The van der Waals surface area contributed by atoms with Gasteiger partial charge in [-0.15, -0.1) is 0 Å². The first-order chi connectivity index (χ1) is 8.10. The average Bonchev–Trinajstić information content (AvgIpc) is 2.37. The predicted molar refractivity (Wildman–Crippen MR) is 57.8 cm³/mol. The zero-order valence-corrected chi connectivity index (χ0v) is 9.41. The van der Waals surface area contributed by atoms with Crippen molar-refractivity contribution < 1.29 is 24.9 Å². The van der Waals surface area contributed by atoms with E-state index in [4.69, 9.17) is 5.11 Å². The van der Waals surface area contributed by atoms with Gasteiger partial charge in [-0.05, 0) is 18.6 Å². The van der Waals surface area contributed by atoms with E-state index in [-0.39, 0.29) is 18.8 Å². The standard InChI is InChI=1S/C11H15NO5/c1-2-17-11(16)10(15)9(14)8-3-7(6-13)4-12-5-8/h3-5,9-10,13-15H,2,6H2,1H3. The quantitative estimate of drug-likeness (QED) is 0.603. The number of aliphatic hydroxyl groups excluding tert-OH is 3. The normalized spacial score (nSPS) is 14.1. The summed E-state index contributed by atoms with van der Waals surface area (Å²) < 4.78 is 4.58. The molecule has 0 aliphatic heterocycles. The van der Waals surface area contributed by atoms with Gasteiger partial charge in [0.15, 0.2) is 6.10 Å². The second-order valence-corrected chi connectivity index (χ2v) is 3.43. The fourth-order valence-electron chi connectivity index (χ4n) is 1.29. The van der Waals surface area contributed by atoms with Crippen molar-refractivity contribution in [2.45, 2.75) is 25.7 Å². The van der Waals surface area contributed by atoms with E-state index in [1.165, 1.54) is 18.5 Å². The van der Waals surface area contributed by atoms with Crippen LogP contribution >= 0.6 is 0 Å². The minimum absolute atomic E-state index is 0.123. The van der Waals surface area contributed by atoms with Crippen LogP contribution < -0.4 is 0 Å². The second-order valence-electron chi connectivity index (χ2n) is 3.43. The topological polar surface area (TPSA) is 99.9 Å². The Morgan fingerprint density at radius 2 is 2.18 bits per heavy atom. The smallest absolute Gasteiger partial charge is 0.338 e. The number of aliphatic hydroxyl groups is 3. The van der Waals surface area contributed by atoms with Crippen molar-refractivity contribution >= 4 is 5.97 Å². The Morgan fingerprint density at radius 1 is 1.47 bits per heavy atom. The zero-order valence-electron chi connectivity index (χ0n) is 9.41. The minimum atomic E-state index is -1.66. The molecule has 1 aromatic heterocycles. The van der Waals surface area contributed by atoms with E-state index in [0.29, 0.717) is 5.56 Å². The van der Waals surface area contributed by atoms with Crippen molar-refractivity contribution in [2.24, 2.45) is 0 Å². The Balaban J connectivity index is 2.80. The lowest BCUT2D eigenvalue weighted by Crippen LogP contribution is -2.30. The zero-order chi connectivity index (χ0) is 12.8. The highest BCUT2D eigenvalue weighted by Gasteiger charge is 2.27. The van der Waals surface area contributed by atoms with Crippen LogP contribution in [0.1, 0.15) is 24.2 Å². The van der Waals surface area contributed by atoms with E-state index in [1.807, 2.05) is 0 Å². The van der Waals surface area contributed by atoms with E-state index in [9.17, 15) is 15.0 Å². The van der Waals surface area contributed by atoms with Crippen molar-refractivity contribution in [3.05, 3.63) is 29.6 Å². The van der Waals surface area contributed by atoms with Gasteiger partial charge in [-0.25, -0.2) is 4.79 Å². The lowest BCUT2D eigenvalue weighted by atomic mass is 10.1. The van der Waals surface area contributed by atoms with Crippen molar-refractivity contribution in [3.63, 3.8) is 0 Å². The number of nitrogens with zero attached hydrogens (tertiary/aromatic N) is 1. The molecule has 0 aliphatic rings. The molecular formula is C11H15NO5. The van der Waals surface area contributed by atoms with Gasteiger partial charge in [0.2, 0.25) is 0 Å². The molecule has 0 aliphatic carbocycles. The maximum absolute atomic E-state index is 11.2. The van der Waals surface area contributed by atoms with Gasteiger partial charge in [0.05, 0.1) is 13.2 Å². The number of hydrogen-bond acceptors (Lipinski definition) is 6. The number of esters is 1. The SMILES string of the molecule is CCOC(=O)C(O)C(O)c1cncc(CO)c1. The van der Waals surface area contributed by atoms with Crippen LogP contribution in [0.2, 0.25) is 0 Å². The van der Waals surface area contributed by atoms with Crippen LogP contribution in [-0.4, -0.2) is 39.0 Å². The molecule has 3 N–H and O–H groups in total. The number of carbonyl (C=O) groups excluding carboxylic acids is 1. The van der Waals surface area contributed by atoms with E-state index >= 15 is 0 Å². The summed E-state index contributed by atoms with van der Waals surface area (Å²) in [4.78, 5) is 15.0. The molecule has 0 aromatic carbocycles. The number of carbonyl (C=O) groups is 1. The van der Waals surface area contributed by atoms with Crippen molar-refractivity contribution in [3.8, 4) is 0 Å². The van der Waals surface area contributed by atoms with E-state index in [1.54, 1.807) is 6.92 Å². The maximum Gasteiger partial charge on any atom is 0.338 e. The monoisotopic (exact) mass is 241 g/mol. The van der Waals surface area contributed by atoms with Gasteiger partial charge in [0.25, 0.3) is 0 Å². The number of hydrogen-bond donors (Lipinski definition) is 3. The largest absolute Gasteiger partial charge is 0.464 e. The summed E-state index contributed by atoms with van der Waals surface area (Å²) in [6.07, 6.45) is -0.349. The van der Waals surface area contributed by atoms with Gasteiger partial charge < -0.3 is 20.1 Å². The molecule has 0 fully saturated rings. The van der Waals surface area contributed by atoms with Crippen molar-refractivity contribution in [2.75, 3.05) is 6.61 Å². The highest BCUT2D eigenvalue weighted by atomic mass is 16.5. The molecular weight excluding hydrogens is 226 g/mol. The van der Waals surface area contributed by atoms with Crippen LogP contribution in [-0.2, 0) is 16.1 Å². The molecule has 0 saturated carbocycles. The molecule has 17 heavy (non-hydrogen) atoms. The first kappa shape index (κ1) is 13.6. The Hall–Kier alpha value is -1.50. The average molecular weight is 241 g/mol. The van der Waals surface area contributed by atoms with Crippen LogP contribution in [0.15, 0.2) is 18.5 Å². The Bertz CT molecular complexity index is 382. The lowest BCUT2D eigenvalue weighted by Gasteiger charge is -2.16. The van der Waals surface area contributed by atoms with Crippen LogP contribution in [0.25, 0.3) is 0 Å². The molecule has 0 amide bonds. The third kappa shape index (κ3) is 3.48. The highest BCUT2D eigenvalue weighted by Crippen LogP contribution is 2.18. The van der Waals surface area contributed by atoms with E-state index in [2.05, 4.69) is 9.72 Å². The molecule has 0 bridgehead atoms. The molecule has 2 unspecified atom stereocenters. The van der Waals surface area contributed by atoms with Crippen LogP contribution in [0.4, 0.5) is 0 Å². The fourth-order valence-corrected chi connectivity index (χ4v) is 1.29. The summed E-state index contributed by atoms with van der Waals surface area (Å²) in [7, 11) is 0. The Morgan fingerprint density at radius 3 is 2.76 bits per heavy atom. The number of aromatic nitrogens is 1. The van der Waals surface area contributed by atoms with Gasteiger partial charge in [-0.1, -0.05) is 0 Å². The molecule has 1 heterocycles. The summed E-state index contributed by atoms with van der Waals surface area (Å²) in [5.74, 6) is -0.894.